The first-order valence-corrected chi connectivity index (χ1v) is 10.0. The van der Waals surface area contributed by atoms with Crippen LogP contribution in [-0.2, 0) is 6.54 Å². The molecule has 4 aromatic rings. The molecule has 0 unspecified atom stereocenters. The lowest BCUT2D eigenvalue weighted by atomic mass is 10.1. The van der Waals surface area contributed by atoms with Gasteiger partial charge in [0, 0.05) is 23.6 Å². The van der Waals surface area contributed by atoms with Crippen LogP contribution in [0.1, 0.15) is 24.8 Å². The third-order valence-corrected chi connectivity index (χ3v) is 5.98. The van der Waals surface area contributed by atoms with Gasteiger partial charge in [0.05, 0.1) is 10.2 Å². The van der Waals surface area contributed by atoms with Gasteiger partial charge in [-0.2, -0.15) is 0 Å². The standard InChI is InChI=1S/C21H21N3OS/c1-4-10-24(11-5-1)14-15-13-22-18-9-8-16(12-17(15)18)25-21-23-19-6-2-3-7-20(19)26-21/h2-3,6-9,12-13,22H,1,4-5,10-11,14H2. The number of aromatic amines is 1. The Hall–Kier alpha value is -2.37. The van der Waals surface area contributed by atoms with Crippen LogP contribution in [0, 0.1) is 0 Å². The van der Waals surface area contributed by atoms with Crippen molar-refractivity contribution >= 4 is 32.5 Å². The minimum Gasteiger partial charge on any atom is -0.431 e. The van der Waals surface area contributed by atoms with E-state index in [1.54, 1.807) is 11.3 Å². The molecule has 3 heterocycles. The van der Waals surface area contributed by atoms with Crippen molar-refractivity contribution in [3.63, 3.8) is 0 Å². The monoisotopic (exact) mass is 363 g/mol. The summed E-state index contributed by atoms with van der Waals surface area (Å²) in [7, 11) is 0. The number of ether oxygens (including phenoxy) is 1. The predicted octanol–water partition coefficient (Wildman–Crippen LogP) is 5.56. The van der Waals surface area contributed by atoms with Gasteiger partial charge >= 0.3 is 0 Å². The van der Waals surface area contributed by atoms with Gasteiger partial charge in [-0.3, -0.25) is 4.90 Å². The van der Waals surface area contributed by atoms with Gasteiger partial charge in [0.15, 0.2) is 0 Å². The first-order valence-electron chi connectivity index (χ1n) is 9.21. The van der Waals surface area contributed by atoms with Gasteiger partial charge in [0.2, 0.25) is 0 Å². The van der Waals surface area contributed by atoms with E-state index >= 15 is 0 Å². The third-order valence-electron chi connectivity index (χ3n) is 5.06. The number of hydrogen-bond donors (Lipinski definition) is 1. The summed E-state index contributed by atoms with van der Waals surface area (Å²) >= 11 is 1.58. The number of fused-ring (bicyclic) bond motifs is 2. The van der Waals surface area contributed by atoms with Crippen molar-refractivity contribution in [3.05, 3.63) is 54.2 Å². The highest BCUT2D eigenvalue weighted by atomic mass is 32.1. The molecular weight excluding hydrogens is 342 g/mol. The highest BCUT2D eigenvalue weighted by Gasteiger charge is 2.14. The summed E-state index contributed by atoms with van der Waals surface area (Å²) in [4.78, 5) is 10.5. The molecular formula is C21H21N3OS. The van der Waals surface area contributed by atoms with E-state index in [4.69, 9.17) is 4.74 Å². The van der Waals surface area contributed by atoms with Crippen molar-refractivity contribution in [2.75, 3.05) is 13.1 Å². The molecule has 2 aromatic heterocycles. The SMILES string of the molecule is c1ccc2sc(Oc3ccc4[nH]cc(CN5CCCCC5)c4c3)nc2c1. The molecule has 132 valence electrons. The van der Waals surface area contributed by atoms with E-state index in [-0.39, 0.29) is 0 Å². The number of thiazole rings is 1. The molecule has 0 aliphatic carbocycles. The summed E-state index contributed by atoms with van der Waals surface area (Å²) in [5.74, 6) is 0.844. The predicted molar refractivity (Wildman–Crippen MR) is 107 cm³/mol. The molecule has 2 aromatic carbocycles. The Kier molecular flexibility index (Phi) is 4.11. The highest BCUT2D eigenvalue weighted by molar-refractivity contribution is 7.20. The van der Waals surface area contributed by atoms with Gasteiger partial charge in [-0.1, -0.05) is 29.9 Å². The van der Waals surface area contributed by atoms with Crippen molar-refractivity contribution < 1.29 is 4.74 Å². The van der Waals surface area contributed by atoms with Crippen LogP contribution < -0.4 is 4.74 Å². The second-order valence-electron chi connectivity index (χ2n) is 6.91. The Morgan fingerprint density at radius 3 is 2.85 bits per heavy atom. The summed E-state index contributed by atoms with van der Waals surface area (Å²) in [6.07, 6.45) is 6.13. The Labute approximate surface area is 156 Å². The number of H-pyrrole nitrogens is 1. The van der Waals surface area contributed by atoms with Gasteiger partial charge in [0.25, 0.3) is 5.19 Å². The van der Waals surface area contributed by atoms with Crippen molar-refractivity contribution in [3.8, 4) is 10.9 Å². The van der Waals surface area contributed by atoms with Gasteiger partial charge in [-0.05, 0) is 61.8 Å². The van der Waals surface area contributed by atoms with Crippen LogP contribution in [0.5, 0.6) is 10.9 Å². The number of benzene rings is 2. The first-order chi connectivity index (χ1) is 12.8. The maximum Gasteiger partial charge on any atom is 0.279 e. The summed E-state index contributed by atoms with van der Waals surface area (Å²) in [6, 6.07) is 14.4. The van der Waals surface area contributed by atoms with Gasteiger partial charge in [-0.15, -0.1) is 0 Å². The third kappa shape index (κ3) is 3.08. The highest BCUT2D eigenvalue weighted by Crippen LogP contribution is 2.33. The van der Waals surface area contributed by atoms with Crippen LogP contribution in [0.25, 0.3) is 21.1 Å². The maximum absolute atomic E-state index is 6.07. The van der Waals surface area contributed by atoms with Crippen molar-refractivity contribution in [2.24, 2.45) is 0 Å². The van der Waals surface area contributed by atoms with Crippen LogP contribution in [0.4, 0.5) is 0 Å². The number of nitrogens with zero attached hydrogens (tertiary/aromatic N) is 2. The van der Waals surface area contributed by atoms with Crippen molar-refractivity contribution in [1.82, 2.24) is 14.9 Å². The lowest BCUT2D eigenvalue weighted by molar-refractivity contribution is 0.221. The van der Waals surface area contributed by atoms with Crippen LogP contribution in [-0.4, -0.2) is 28.0 Å². The quantitative estimate of drug-likeness (QED) is 0.516. The molecule has 0 spiro atoms. The first kappa shape index (κ1) is 15.9. The Bertz CT molecular complexity index is 1010. The fraction of sp³-hybridized carbons (Fsp3) is 0.286. The topological polar surface area (TPSA) is 41.1 Å². The zero-order valence-corrected chi connectivity index (χ0v) is 15.4. The van der Waals surface area contributed by atoms with Crippen LogP contribution >= 0.6 is 11.3 Å². The maximum atomic E-state index is 6.07. The van der Waals surface area contributed by atoms with Gasteiger partial charge in [-0.25, -0.2) is 4.98 Å². The van der Waals surface area contributed by atoms with Gasteiger partial charge < -0.3 is 9.72 Å². The average molecular weight is 363 g/mol. The molecule has 0 radical (unpaired) electrons. The Balaban J connectivity index is 1.42. The fourth-order valence-electron chi connectivity index (χ4n) is 3.71. The number of nitrogens with one attached hydrogen (secondary N) is 1. The number of hydrogen-bond acceptors (Lipinski definition) is 4. The number of rotatable bonds is 4. The summed E-state index contributed by atoms with van der Waals surface area (Å²) in [6.45, 7) is 3.41. The number of piperidine rings is 1. The lowest BCUT2D eigenvalue weighted by Crippen LogP contribution is -2.28. The van der Waals surface area contributed by atoms with Crippen LogP contribution in [0.2, 0.25) is 0 Å². The zero-order valence-electron chi connectivity index (χ0n) is 14.6. The largest absolute Gasteiger partial charge is 0.431 e. The molecule has 1 aliphatic rings. The molecule has 1 aliphatic heterocycles. The van der Waals surface area contributed by atoms with E-state index in [1.165, 1.54) is 43.3 Å². The van der Waals surface area contributed by atoms with E-state index < -0.39 is 0 Å². The molecule has 5 rings (SSSR count). The van der Waals surface area contributed by atoms with Gasteiger partial charge in [0.1, 0.15) is 5.75 Å². The van der Waals surface area contributed by atoms with Crippen LogP contribution in [0.3, 0.4) is 0 Å². The minimum atomic E-state index is 0.693. The van der Waals surface area contributed by atoms with E-state index in [9.17, 15) is 0 Å². The summed E-state index contributed by atoms with van der Waals surface area (Å²) in [5, 5.41) is 1.94. The molecule has 0 amide bonds. The molecule has 0 bridgehead atoms. The number of likely N-dealkylation sites (tertiary alicyclic amines) is 1. The van der Waals surface area contributed by atoms with E-state index in [0.717, 1.165) is 28.0 Å². The number of aromatic nitrogens is 2. The summed E-state index contributed by atoms with van der Waals surface area (Å²) < 4.78 is 7.21. The Morgan fingerprint density at radius 1 is 1.08 bits per heavy atom. The van der Waals surface area contributed by atoms with Crippen LogP contribution in [0.15, 0.2) is 48.7 Å². The lowest BCUT2D eigenvalue weighted by Gasteiger charge is -2.26. The second kappa shape index (κ2) is 6.74. The normalized spacial score (nSPS) is 15.7. The summed E-state index contributed by atoms with van der Waals surface area (Å²) in [5.41, 5.74) is 3.49. The molecule has 5 heteroatoms. The molecule has 4 nitrogen and oxygen atoms in total. The fourth-order valence-corrected chi connectivity index (χ4v) is 4.54. The molecule has 0 saturated carbocycles. The van der Waals surface area contributed by atoms with Crippen molar-refractivity contribution in [2.45, 2.75) is 25.8 Å². The minimum absolute atomic E-state index is 0.693. The second-order valence-corrected chi connectivity index (χ2v) is 7.90. The van der Waals surface area contributed by atoms with Crippen molar-refractivity contribution in [1.29, 1.82) is 0 Å². The van der Waals surface area contributed by atoms with E-state index in [0.29, 0.717) is 5.19 Å². The zero-order chi connectivity index (χ0) is 17.3. The van der Waals surface area contributed by atoms with E-state index in [2.05, 4.69) is 39.3 Å². The molecule has 1 saturated heterocycles. The average Bonchev–Trinajstić information content (AvgIpc) is 3.26. The molecule has 1 N–H and O–H groups in total. The molecule has 0 atom stereocenters. The smallest absolute Gasteiger partial charge is 0.279 e. The molecule has 1 fully saturated rings. The molecule has 26 heavy (non-hydrogen) atoms. The Morgan fingerprint density at radius 2 is 1.96 bits per heavy atom. The number of para-hydroxylation sites is 1. The van der Waals surface area contributed by atoms with E-state index in [1.807, 2.05) is 24.3 Å².